The summed E-state index contributed by atoms with van der Waals surface area (Å²) < 4.78 is 0.454. The molecule has 0 spiro atoms. The molecule has 0 bridgehead atoms. The van der Waals surface area contributed by atoms with Gasteiger partial charge in [0.2, 0.25) is 5.91 Å². The highest BCUT2D eigenvalue weighted by Crippen LogP contribution is 2.44. The number of fused-ring (bicyclic) bond motifs is 1. The van der Waals surface area contributed by atoms with Gasteiger partial charge in [0.05, 0.1) is 16.2 Å². The van der Waals surface area contributed by atoms with Crippen LogP contribution < -0.4 is 10.2 Å². The quantitative estimate of drug-likeness (QED) is 0.528. The second-order valence-corrected chi connectivity index (χ2v) is 9.43. The highest BCUT2D eigenvalue weighted by atomic mass is 32.2. The van der Waals surface area contributed by atoms with Crippen molar-refractivity contribution < 1.29 is 14.4 Å². The fourth-order valence-electron chi connectivity index (χ4n) is 3.79. The molecule has 3 amide bonds. The van der Waals surface area contributed by atoms with E-state index in [4.69, 9.17) is 12.2 Å². The van der Waals surface area contributed by atoms with Crippen LogP contribution in [-0.2, 0) is 14.4 Å². The second kappa shape index (κ2) is 8.88. The third kappa shape index (κ3) is 3.96. The average molecular weight is 466 g/mol. The van der Waals surface area contributed by atoms with Gasteiger partial charge in [-0.2, -0.15) is 0 Å². The molecule has 2 heterocycles. The summed E-state index contributed by atoms with van der Waals surface area (Å²) in [5, 5.41) is 2.86. The Morgan fingerprint density at radius 2 is 1.78 bits per heavy atom. The molecular weight excluding hydrogens is 442 g/mol. The highest BCUT2D eigenvalue weighted by Gasteiger charge is 2.42. The maximum atomic E-state index is 13.4. The Morgan fingerprint density at radius 1 is 1.03 bits per heavy atom. The number of anilines is 2. The van der Waals surface area contributed by atoms with Crippen LogP contribution >= 0.6 is 24.0 Å². The minimum absolute atomic E-state index is 0.151. The SMILES string of the molecule is CCCN1C(=O)C(=C2C(=O)N(CC(=O)Nc3ccc(C)c(C)c3)c3ccccc32)SC1=S. The van der Waals surface area contributed by atoms with Gasteiger partial charge in [0.1, 0.15) is 10.9 Å². The third-order valence-corrected chi connectivity index (χ3v) is 6.99. The van der Waals surface area contributed by atoms with Crippen LogP contribution in [0, 0.1) is 13.8 Å². The molecule has 2 aliphatic heterocycles. The topological polar surface area (TPSA) is 69.7 Å². The molecule has 1 N–H and O–H groups in total. The minimum Gasteiger partial charge on any atom is -0.325 e. The van der Waals surface area contributed by atoms with Crippen molar-refractivity contribution in [1.29, 1.82) is 0 Å². The third-order valence-electron chi connectivity index (χ3n) is 5.54. The van der Waals surface area contributed by atoms with Gasteiger partial charge in [-0.1, -0.05) is 55.2 Å². The van der Waals surface area contributed by atoms with Gasteiger partial charge in [0, 0.05) is 17.8 Å². The van der Waals surface area contributed by atoms with Gasteiger partial charge in [0.15, 0.2) is 0 Å². The summed E-state index contributed by atoms with van der Waals surface area (Å²) in [5.41, 5.74) is 4.46. The fourth-order valence-corrected chi connectivity index (χ4v) is 5.17. The summed E-state index contributed by atoms with van der Waals surface area (Å²) in [5.74, 6) is -0.920. The second-order valence-electron chi connectivity index (χ2n) is 7.78. The molecule has 0 aliphatic carbocycles. The van der Waals surface area contributed by atoms with E-state index in [0.717, 1.165) is 29.3 Å². The van der Waals surface area contributed by atoms with Crippen LogP contribution in [0.2, 0.25) is 0 Å². The van der Waals surface area contributed by atoms with Crippen LogP contribution in [0.1, 0.15) is 30.0 Å². The Labute approximate surface area is 196 Å². The molecule has 1 saturated heterocycles. The molecule has 32 heavy (non-hydrogen) atoms. The zero-order chi connectivity index (χ0) is 23.0. The molecule has 2 aromatic carbocycles. The van der Waals surface area contributed by atoms with Gasteiger partial charge < -0.3 is 5.32 Å². The van der Waals surface area contributed by atoms with Crippen LogP contribution in [0.5, 0.6) is 0 Å². The van der Waals surface area contributed by atoms with Crippen LogP contribution in [0.4, 0.5) is 11.4 Å². The number of nitrogens with zero attached hydrogens (tertiary/aromatic N) is 2. The van der Waals surface area contributed by atoms with E-state index in [1.165, 1.54) is 9.80 Å². The van der Waals surface area contributed by atoms with E-state index in [2.05, 4.69) is 5.32 Å². The van der Waals surface area contributed by atoms with E-state index >= 15 is 0 Å². The van der Waals surface area contributed by atoms with Crippen molar-refractivity contribution in [3.05, 3.63) is 64.1 Å². The molecule has 2 aromatic rings. The number of benzene rings is 2. The first-order valence-electron chi connectivity index (χ1n) is 10.4. The van der Waals surface area contributed by atoms with Gasteiger partial charge in [-0.05, 0) is 49.6 Å². The smallest absolute Gasteiger partial charge is 0.267 e. The van der Waals surface area contributed by atoms with Crippen molar-refractivity contribution in [2.75, 3.05) is 23.3 Å². The number of amides is 3. The predicted molar refractivity (Wildman–Crippen MR) is 132 cm³/mol. The zero-order valence-electron chi connectivity index (χ0n) is 18.1. The summed E-state index contributed by atoms with van der Waals surface area (Å²) in [6.07, 6.45) is 0.768. The largest absolute Gasteiger partial charge is 0.325 e. The number of carbonyl (C=O) groups is 3. The number of nitrogens with one attached hydrogen (secondary N) is 1. The number of thiocarbonyl (C=S) groups is 1. The minimum atomic E-state index is -0.363. The van der Waals surface area contributed by atoms with Gasteiger partial charge in [0.25, 0.3) is 11.8 Å². The number of rotatable bonds is 5. The molecular formula is C24H23N3O3S2. The zero-order valence-corrected chi connectivity index (χ0v) is 19.7. The van der Waals surface area contributed by atoms with Crippen LogP contribution in [0.25, 0.3) is 5.57 Å². The summed E-state index contributed by atoms with van der Waals surface area (Å²) in [7, 11) is 0. The Kier molecular flexibility index (Phi) is 6.17. The molecule has 164 valence electrons. The molecule has 0 atom stereocenters. The number of hydrogen-bond acceptors (Lipinski definition) is 5. The number of carbonyl (C=O) groups excluding carboxylic acids is 3. The molecule has 0 aromatic heterocycles. The first kappa shape index (κ1) is 22.2. The Balaban J connectivity index is 1.63. The highest BCUT2D eigenvalue weighted by molar-refractivity contribution is 8.26. The maximum absolute atomic E-state index is 13.4. The maximum Gasteiger partial charge on any atom is 0.267 e. The first-order valence-corrected chi connectivity index (χ1v) is 11.6. The molecule has 6 nitrogen and oxygen atoms in total. The number of para-hydroxylation sites is 1. The normalized spacial score (nSPS) is 17.9. The standard InChI is InChI=1S/C24H23N3O3S2/c1-4-11-26-23(30)21(32-24(26)31)20-17-7-5-6-8-18(17)27(22(20)29)13-19(28)25-16-10-9-14(2)15(3)12-16/h5-10,12H,4,11,13H2,1-3H3,(H,25,28). The lowest BCUT2D eigenvalue weighted by Crippen LogP contribution is -2.35. The van der Waals surface area contributed by atoms with Crippen molar-refractivity contribution >= 4 is 63.0 Å². The van der Waals surface area contributed by atoms with Crippen LogP contribution in [-0.4, -0.2) is 40.0 Å². The van der Waals surface area contributed by atoms with Gasteiger partial charge >= 0.3 is 0 Å². The summed E-state index contributed by atoms with van der Waals surface area (Å²) in [6.45, 7) is 6.32. The van der Waals surface area contributed by atoms with Crippen molar-refractivity contribution in [2.45, 2.75) is 27.2 Å². The fraction of sp³-hybridized carbons (Fsp3) is 0.250. The molecule has 4 rings (SSSR count). The van der Waals surface area contributed by atoms with Gasteiger partial charge in [-0.3, -0.25) is 24.2 Å². The van der Waals surface area contributed by atoms with Gasteiger partial charge in [-0.25, -0.2) is 0 Å². The molecule has 0 radical (unpaired) electrons. The van der Waals surface area contributed by atoms with Crippen molar-refractivity contribution in [3.63, 3.8) is 0 Å². The summed E-state index contributed by atoms with van der Waals surface area (Å²) in [4.78, 5) is 42.5. The van der Waals surface area contributed by atoms with E-state index in [0.29, 0.717) is 38.3 Å². The molecule has 2 aliphatic rings. The van der Waals surface area contributed by atoms with Crippen molar-refractivity contribution in [3.8, 4) is 0 Å². The lowest BCUT2D eigenvalue weighted by atomic mass is 10.1. The monoisotopic (exact) mass is 465 g/mol. The van der Waals surface area contributed by atoms with Crippen molar-refractivity contribution in [1.82, 2.24) is 4.90 Å². The van der Waals surface area contributed by atoms with Crippen LogP contribution in [0.3, 0.4) is 0 Å². The summed E-state index contributed by atoms with van der Waals surface area (Å²) >= 11 is 6.52. The summed E-state index contributed by atoms with van der Waals surface area (Å²) in [6, 6.07) is 12.9. The van der Waals surface area contributed by atoms with E-state index in [9.17, 15) is 14.4 Å². The van der Waals surface area contributed by atoms with Crippen LogP contribution in [0.15, 0.2) is 47.4 Å². The van der Waals surface area contributed by atoms with E-state index < -0.39 is 0 Å². The first-order chi connectivity index (χ1) is 15.3. The number of hydrogen-bond donors (Lipinski definition) is 1. The van der Waals surface area contributed by atoms with Crippen molar-refractivity contribution in [2.24, 2.45) is 0 Å². The Bertz CT molecular complexity index is 1190. The molecule has 8 heteroatoms. The number of aryl methyl sites for hydroxylation is 2. The number of thioether (sulfide) groups is 1. The Hall–Kier alpha value is -2.97. The van der Waals surface area contributed by atoms with Gasteiger partial charge in [-0.15, -0.1) is 0 Å². The lowest BCUT2D eigenvalue weighted by molar-refractivity contribution is -0.122. The van der Waals surface area contributed by atoms with E-state index in [1.807, 2.05) is 51.1 Å². The van der Waals surface area contributed by atoms with E-state index in [-0.39, 0.29) is 24.3 Å². The predicted octanol–water partition coefficient (Wildman–Crippen LogP) is 4.27. The lowest BCUT2D eigenvalue weighted by Gasteiger charge is -2.17. The van der Waals surface area contributed by atoms with E-state index in [1.54, 1.807) is 12.1 Å². The average Bonchev–Trinajstić information content (AvgIpc) is 3.19. The molecule has 1 fully saturated rings. The Morgan fingerprint density at radius 3 is 2.50 bits per heavy atom. The molecule has 0 unspecified atom stereocenters. The molecule has 0 saturated carbocycles.